The third-order valence-electron chi connectivity index (χ3n) is 1.66. The maximum atomic E-state index is 5.47. The Bertz CT molecular complexity index is 224. The molecule has 62 valence electrons. The summed E-state index contributed by atoms with van der Waals surface area (Å²) in [5.74, 6) is 1.20. The largest absolute Gasteiger partial charge is 0.338 e. The SMILES string of the molecule is CCC(C)Cc1nc(Cl)no1. The predicted molar refractivity (Wildman–Crippen MR) is 42.5 cm³/mol. The molecule has 3 nitrogen and oxygen atoms in total. The second kappa shape index (κ2) is 3.72. The van der Waals surface area contributed by atoms with E-state index in [0.29, 0.717) is 11.8 Å². The lowest BCUT2D eigenvalue weighted by Crippen LogP contribution is -1.97. The number of halogens is 1. The van der Waals surface area contributed by atoms with Gasteiger partial charge in [0.1, 0.15) is 0 Å². The van der Waals surface area contributed by atoms with E-state index in [1.165, 1.54) is 0 Å². The van der Waals surface area contributed by atoms with E-state index in [4.69, 9.17) is 16.1 Å². The zero-order valence-corrected chi connectivity index (χ0v) is 7.43. The van der Waals surface area contributed by atoms with Crippen LogP contribution in [0.25, 0.3) is 0 Å². The van der Waals surface area contributed by atoms with Crippen LogP contribution in [-0.4, -0.2) is 10.1 Å². The van der Waals surface area contributed by atoms with E-state index in [-0.39, 0.29) is 5.28 Å². The topological polar surface area (TPSA) is 38.9 Å². The van der Waals surface area contributed by atoms with Crippen molar-refractivity contribution >= 4 is 11.6 Å². The molecule has 0 radical (unpaired) electrons. The highest BCUT2D eigenvalue weighted by Crippen LogP contribution is 2.10. The molecule has 0 amide bonds. The van der Waals surface area contributed by atoms with Crippen LogP contribution in [0.15, 0.2) is 4.52 Å². The first kappa shape index (κ1) is 8.53. The van der Waals surface area contributed by atoms with Gasteiger partial charge in [-0.1, -0.05) is 20.3 Å². The van der Waals surface area contributed by atoms with Crippen LogP contribution in [0, 0.1) is 5.92 Å². The van der Waals surface area contributed by atoms with Crippen LogP contribution in [-0.2, 0) is 6.42 Å². The van der Waals surface area contributed by atoms with Crippen molar-refractivity contribution in [2.75, 3.05) is 0 Å². The fourth-order valence-corrected chi connectivity index (χ4v) is 0.888. The van der Waals surface area contributed by atoms with Crippen LogP contribution < -0.4 is 0 Å². The van der Waals surface area contributed by atoms with Crippen LogP contribution in [0.2, 0.25) is 5.28 Å². The highest BCUT2D eigenvalue weighted by Gasteiger charge is 2.07. The summed E-state index contributed by atoms with van der Waals surface area (Å²) in [5.41, 5.74) is 0. The average molecular weight is 175 g/mol. The smallest absolute Gasteiger partial charge is 0.263 e. The van der Waals surface area contributed by atoms with Gasteiger partial charge in [-0.15, -0.1) is 0 Å². The molecule has 0 saturated carbocycles. The molecule has 0 spiro atoms. The molecule has 0 aliphatic carbocycles. The summed E-state index contributed by atoms with van der Waals surface area (Å²) in [6, 6.07) is 0. The first-order chi connectivity index (χ1) is 5.22. The van der Waals surface area contributed by atoms with Gasteiger partial charge in [0.05, 0.1) is 0 Å². The van der Waals surface area contributed by atoms with Crippen molar-refractivity contribution in [1.82, 2.24) is 10.1 Å². The van der Waals surface area contributed by atoms with Crippen molar-refractivity contribution in [3.8, 4) is 0 Å². The molecule has 0 aliphatic heterocycles. The van der Waals surface area contributed by atoms with E-state index in [1.54, 1.807) is 0 Å². The molecule has 1 heterocycles. The first-order valence-electron chi connectivity index (χ1n) is 3.70. The van der Waals surface area contributed by atoms with E-state index in [2.05, 4.69) is 24.0 Å². The van der Waals surface area contributed by atoms with Crippen molar-refractivity contribution < 1.29 is 4.52 Å². The number of hydrogen-bond acceptors (Lipinski definition) is 3. The summed E-state index contributed by atoms with van der Waals surface area (Å²) >= 11 is 5.47. The molecule has 0 bridgehead atoms. The second-order valence-corrected chi connectivity index (χ2v) is 3.01. The molecule has 4 heteroatoms. The zero-order chi connectivity index (χ0) is 8.27. The number of nitrogens with zero attached hydrogens (tertiary/aromatic N) is 2. The molecule has 1 unspecified atom stereocenters. The van der Waals surface area contributed by atoms with Crippen LogP contribution in [0.4, 0.5) is 0 Å². The van der Waals surface area contributed by atoms with Crippen molar-refractivity contribution in [3.05, 3.63) is 11.2 Å². The van der Waals surface area contributed by atoms with Crippen LogP contribution in [0.5, 0.6) is 0 Å². The second-order valence-electron chi connectivity index (χ2n) is 2.67. The Morgan fingerprint density at radius 2 is 2.36 bits per heavy atom. The number of aromatic nitrogens is 2. The van der Waals surface area contributed by atoms with E-state index < -0.39 is 0 Å². The maximum absolute atomic E-state index is 5.47. The van der Waals surface area contributed by atoms with Crippen LogP contribution >= 0.6 is 11.6 Å². The number of rotatable bonds is 3. The highest BCUT2D eigenvalue weighted by atomic mass is 35.5. The minimum atomic E-state index is 0.198. The summed E-state index contributed by atoms with van der Waals surface area (Å²) in [4.78, 5) is 3.89. The van der Waals surface area contributed by atoms with Crippen molar-refractivity contribution in [2.45, 2.75) is 26.7 Å². The summed E-state index contributed by atoms with van der Waals surface area (Å²) < 4.78 is 4.84. The first-order valence-corrected chi connectivity index (χ1v) is 4.08. The molecule has 0 aliphatic rings. The lowest BCUT2D eigenvalue weighted by atomic mass is 10.1. The van der Waals surface area contributed by atoms with Gasteiger partial charge < -0.3 is 4.52 Å². The van der Waals surface area contributed by atoms with E-state index in [1.807, 2.05) is 0 Å². The van der Waals surface area contributed by atoms with Gasteiger partial charge in [0.2, 0.25) is 5.89 Å². The minimum absolute atomic E-state index is 0.198. The molecule has 0 fully saturated rings. The van der Waals surface area contributed by atoms with E-state index in [9.17, 15) is 0 Å². The van der Waals surface area contributed by atoms with Crippen LogP contribution in [0.3, 0.4) is 0 Å². The van der Waals surface area contributed by atoms with Crippen LogP contribution in [0.1, 0.15) is 26.2 Å². The molecule has 1 atom stereocenters. The van der Waals surface area contributed by atoms with Gasteiger partial charge in [0.25, 0.3) is 5.28 Å². The van der Waals surface area contributed by atoms with Gasteiger partial charge in [0, 0.05) is 6.42 Å². The van der Waals surface area contributed by atoms with Crippen molar-refractivity contribution in [1.29, 1.82) is 0 Å². The maximum Gasteiger partial charge on any atom is 0.263 e. The molecule has 0 N–H and O–H groups in total. The number of hydrogen-bond donors (Lipinski definition) is 0. The summed E-state index contributed by atoms with van der Waals surface area (Å²) in [7, 11) is 0. The van der Waals surface area contributed by atoms with E-state index in [0.717, 1.165) is 12.8 Å². The Labute approximate surface area is 70.7 Å². The summed E-state index contributed by atoms with van der Waals surface area (Å²) in [6.45, 7) is 4.26. The fraction of sp³-hybridized carbons (Fsp3) is 0.714. The lowest BCUT2D eigenvalue weighted by molar-refractivity contribution is 0.355. The fourth-order valence-electron chi connectivity index (χ4n) is 0.759. The summed E-state index contributed by atoms with van der Waals surface area (Å²) in [6.07, 6.45) is 1.93. The zero-order valence-electron chi connectivity index (χ0n) is 6.67. The monoisotopic (exact) mass is 174 g/mol. The minimum Gasteiger partial charge on any atom is -0.338 e. The van der Waals surface area contributed by atoms with Gasteiger partial charge in [-0.05, 0) is 22.7 Å². The Morgan fingerprint density at radius 3 is 2.82 bits per heavy atom. The van der Waals surface area contributed by atoms with Gasteiger partial charge in [0.15, 0.2) is 0 Å². The molecular formula is C7H11ClN2O. The van der Waals surface area contributed by atoms with Gasteiger partial charge in [-0.3, -0.25) is 0 Å². The molecule has 0 aromatic carbocycles. The molecule has 1 aromatic rings. The Morgan fingerprint density at radius 1 is 1.64 bits per heavy atom. The summed E-state index contributed by atoms with van der Waals surface area (Å²) in [5, 5.41) is 3.68. The van der Waals surface area contributed by atoms with Crippen molar-refractivity contribution in [3.63, 3.8) is 0 Å². The van der Waals surface area contributed by atoms with Gasteiger partial charge in [-0.2, -0.15) is 4.98 Å². The van der Waals surface area contributed by atoms with E-state index >= 15 is 0 Å². The molecule has 1 rings (SSSR count). The Balaban J connectivity index is 2.50. The van der Waals surface area contributed by atoms with Gasteiger partial charge in [-0.25, -0.2) is 0 Å². The van der Waals surface area contributed by atoms with Gasteiger partial charge >= 0.3 is 0 Å². The molecular weight excluding hydrogens is 164 g/mol. The average Bonchev–Trinajstić information content (AvgIpc) is 2.35. The molecule has 0 saturated heterocycles. The standard InChI is InChI=1S/C7H11ClN2O/c1-3-5(2)4-6-9-7(8)10-11-6/h5H,3-4H2,1-2H3. The quantitative estimate of drug-likeness (QED) is 0.706. The molecule has 1 aromatic heterocycles. The normalized spacial score (nSPS) is 13.4. The molecule has 11 heavy (non-hydrogen) atoms. The van der Waals surface area contributed by atoms with Crippen molar-refractivity contribution in [2.24, 2.45) is 5.92 Å². The predicted octanol–water partition coefficient (Wildman–Crippen LogP) is 2.31. The lowest BCUT2D eigenvalue weighted by Gasteiger charge is -2.01. The highest BCUT2D eigenvalue weighted by molar-refractivity contribution is 6.28. The Hall–Kier alpha value is -0.570. The Kier molecular flexibility index (Phi) is 2.88. The third-order valence-corrected chi connectivity index (χ3v) is 1.82. The third kappa shape index (κ3) is 2.50.